The number of hydrogen-bond donors (Lipinski definition) is 4. The Morgan fingerprint density at radius 3 is 1.59 bits per heavy atom. The molecule has 2 aromatic carbocycles. The normalized spacial score (nSPS) is 17.7. The molecule has 2 aromatic rings. The van der Waals surface area contributed by atoms with Gasteiger partial charge in [0.25, 0.3) is 0 Å². The molecule has 1 aliphatic rings. The molecule has 0 bridgehead atoms. The molecule has 114 valence electrons. The van der Waals surface area contributed by atoms with Crippen LogP contribution >= 0.6 is 0 Å². The monoisotopic (exact) mass is 298 g/mol. The summed E-state index contributed by atoms with van der Waals surface area (Å²) in [5.41, 5.74) is 8.04. The van der Waals surface area contributed by atoms with Crippen LogP contribution in [-0.4, -0.2) is 35.7 Å². The third-order valence-corrected chi connectivity index (χ3v) is 3.83. The van der Waals surface area contributed by atoms with E-state index < -0.39 is 0 Å². The van der Waals surface area contributed by atoms with Gasteiger partial charge in [0.15, 0.2) is 0 Å². The van der Waals surface area contributed by atoms with Crippen molar-refractivity contribution < 1.29 is 10.2 Å². The van der Waals surface area contributed by atoms with Crippen LogP contribution in [0.3, 0.4) is 0 Å². The van der Waals surface area contributed by atoms with Crippen molar-refractivity contribution in [2.45, 2.75) is 12.8 Å². The van der Waals surface area contributed by atoms with Crippen molar-refractivity contribution in [2.75, 3.05) is 14.1 Å². The van der Waals surface area contributed by atoms with E-state index in [4.69, 9.17) is 0 Å². The number of fused-ring (bicyclic) bond motifs is 2. The van der Waals surface area contributed by atoms with Crippen LogP contribution in [0, 0.1) is 0 Å². The average Bonchev–Trinajstić information content (AvgIpc) is 2.54. The highest BCUT2D eigenvalue weighted by atomic mass is 16.3. The molecule has 0 aromatic heterocycles. The first-order valence-corrected chi connectivity index (χ1v) is 7.13. The van der Waals surface area contributed by atoms with Crippen molar-refractivity contribution in [2.24, 2.45) is 10.2 Å². The van der Waals surface area contributed by atoms with Gasteiger partial charge in [-0.15, -0.1) is 0 Å². The van der Waals surface area contributed by atoms with Crippen LogP contribution in [0.5, 0.6) is 11.5 Å². The molecule has 1 aliphatic carbocycles. The Morgan fingerprint density at radius 2 is 1.23 bits per heavy atom. The van der Waals surface area contributed by atoms with Gasteiger partial charge in [0.05, 0.1) is 22.6 Å². The van der Waals surface area contributed by atoms with Crippen molar-refractivity contribution in [3.05, 3.63) is 35.4 Å². The zero-order chi connectivity index (χ0) is 15.7. The Hall–Kier alpha value is -2.76. The number of rotatable bonds is 2. The molecule has 4 N–H and O–H groups in total. The summed E-state index contributed by atoms with van der Waals surface area (Å²) in [6.45, 7) is 0. The van der Waals surface area contributed by atoms with E-state index >= 15 is 0 Å². The first kappa shape index (κ1) is 14.2. The summed E-state index contributed by atoms with van der Waals surface area (Å²) < 4.78 is 0. The Kier molecular flexibility index (Phi) is 3.58. The Labute approximate surface area is 128 Å². The molecule has 0 aliphatic heterocycles. The third-order valence-electron chi connectivity index (χ3n) is 3.83. The maximum absolute atomic E-state index is 10.7. The van der Waals surface area contributed by atoms with Gasteiger partial charge >= 0.3 is 0 Å². The lowest BCUT2D eigenvalue weighted by Gasteiger charge is -2.23. The van der Waals surface area contributed by atoms with Gasteiger partial charge in [-0.05, 0) is 12.8 Å². The molecule has 0 radical (unpaired) electrons. The van der Waals surface area contributed by atoms with E-state index in [9.17, 15) is 10.2 Å². The van der Waals surface area contributed by atoms with Crippen LogP contribution in [0.15, 0.2) is 34.5 Å². The smallest absolute Gasteiger partial charge is 0.133 e. The highest BCUT2D eigenvalue weighted by Gasteiger charge is 2.29. The van der Waals surface area contributed by atoms with E-state index in [1.165, 1.54) is 0 Å². The van der Waals surface area contributed by atoms with Crippen molar-refractivity contribution in [1.29, 1.82) is 0 Å². The molecule has 6 nitrogen and oxygen atoms in total. The van der Waals surface area contributed by atoms with E-state index in [0.717, 1.165) is 0 Å². The number of aromatic hydroxyl groups is 2. The first-order chi connectivity index (χ1) is 10.7. The van der Waals surface area contributed by atoms with Gasteiger partial charge in [0.2, 0.25) is 0 Å². The first-order valence-electron chi connectivity index (χ1n) is 7.13. The second-order valence-corrected chi connectivity index (χ2v) is 5.06. The molecule has 3 rings (SSSR count). The van der Waals surface area contributed by atoms with Crippen LogP contribution in [0.1, 0.15) is 24.0 Å². The topological polar surface area (TPSA) is 89.2 Å². The number of phenols is 2. The van der Waals surface area contributed by atoms with Gasteiger partial charge in [0, 0.05) is 24.9 Å². The minimum Gasteiger partial charge on any atom is -0.507 e. The lowest BCUT2D eigenvalue weighted by Crippen LogP contribution is -2.22. The van der Waals surface area contributed by atoms with Crippen LogP contribution < -0.4 is 10.9 Å². The molecule has 0 unspecified atom stereocenters. The molecule has 0 saturated carbocycles. The van der Waals surface area contributed by atoms with Crippen molar-refractivity contribution in [3.63, 3.8) is 0 Å². The lowest BCUT2D eigenvalue weighted by atomic mass is 9.84. The molecular formula is C16H18N4O2. The second-order valence-electron chi connectivity index (χ2n) is 5.06. The lowest BCUT2D eigenvalue weighted by molar-refractivity contribution is 0.466. The van der Waals surface area contributed by atoms with Crippen LogP contribution in [0.25, 0.3) is 10.8 Å². The number of nitrogens with one attached hydrogen (secondary N) is 2. The van der Waals surface area contributed by atoms with Gasteiger partial charge in [-0.3, -0.25) is 0 Å². The predicted octanol–water partition coefficient (Wildman–Crippen LogP) is 1.89. The number of hydrazone groups is 2. The summed E-state index contributed by atoms with van der Waals surface area (Å²) in [5.74, 6) is 0.252. The number of nitrogens with zero attached hydrogens (tertiary/aromatic N) is 2. The van der Waals surface area contributed by atoms with Crippen LogP contribution in [0.4, 0.5) is 0 Å². The fourth-order valence-electron chi connectivity index (χ4n) is 2.94. The molecule has 0 atom stereocenters. The van der Waals surface area contributed by atoms with E-state index in [1.54, 1.807) is 26.2 Å². The molecule has 0 saturated heterocycles. The highest BCUT2D eigenvalue weighted by Crippen LogP contribution is 2.43. The van der Waals surface area contributed by atoms with E-state index in [-0.39, 0.29) is 11.5 Å². The molecule has 0 spiro atoms. The summed E-state index contributed by atoms with van der Waals surface area (Å²) in [6, 6.07) is 7.22. The van der Waals surface area contributed by atoms with Gasteiger partial charge in [0.1, 0.15) is 11.5 Å². The number of benzene rings is 2. The number of phenolic OH excluding ortho intramolecular Hbond substituents is 2. The van der Waals surface area contributed by atoms with E-state index in [1.807, 2.05) is 12.1 Å². The quantitative estimate of drug-likeness (QED) is 0.503. The Bertz CT molecular complexity index is 730. The standard InChI is InChI=1S/C16H18N4O2/c1-17-19-11-7-8-12(20-18-2)14-13(11)15(21)9-5-3-4-6-10(9)16(14)22/h3-6,17-18,21-22H,7-8H2,1-2H3/b19-11-,20-12+. The van der Waals surface area contributed by atoms with E-state index in [0.29, 0.717) is 46.2 Å². The molecule has 6 heteroatoms. The van der Waals surface area contributed by atoms with Crippen LogP contribution in [-0.2, 0) is 0 Å². The summed E-state index contributed by atoms with van der Waals surface area (Å²) in [6.07, 6.45) is 1.28. The fourth-order valence-corrected chi connectivity index (χ4v) is 2.94. The fraction of sp³-hybridized carbons (Fsp3) is 0.250. The van der Waals surface area contributed by atoms with Crippen molar-refractivity contribution in [1.82, 2.24) is 10.9 Å². The highest BCUT2D eigenvalue weighted by molar-refractivity contribution is 6.23. The third kappa shape index (κ3) is 2.04. The molecule has 0 amide bonds. The van der Waals surface area contributed by atoms with Crippen molar-refractivity contribution in [3.8, 4) is 11.5 Å². The predicted molar refractivity (Wildman–Crippen MR) is 87.7 cm³/mol. The molecule has 22 heavy (non-hydrogen) atoms. The zero-order valence-electron chi connectivity index (χ0n) is 12.5. The maximum Gasteiger partial charge on any atom is 0.133 e. The average molecular weight is 298 g/mol. The number of hydrogen-bond acceptors (Lipinski definition) is 6. The molecular weight excluding hydrogens is 280 g/mol. The SMILES string of the molecule is CN/N=C1/CC/C(=N\NC)c2c1c(O)c1ccccc1c2O. The summed E-state index contributed by atoms with van der Waals surface area (Å²) in [4.78, 5) is 0. The Balaban J connectivity index is 2.44. The zero-order valence-corrected chi connectivity index (χ0v) is 12.5. The molecule has 0 fully saturated rings. The van der Waals surface area contributed by atoms with Gasteiger partial charge in [-0.25, -0.2) is 0 Å². The summed E-state index contributed by atoms with van der Waals surface area (Å²) in [5, 5.41) is 31.1. The molecule has 0 heterocycles. The second kappa shape index (κ2) is 5.55. The Morgan fingerprint density at radius 1 is 0.818 bits per heavy atom. The van der Waals surface area contributed by atoms with Gasteiger partial charge in [-0.2, -0.15) is 10.2 Å². The minimum absolute atomic E-state index is 0.126. The summed E-state index contributed by atoms with van der Waals surface area (Å²) >= 11 is 0. The maximum atomic E-state index is 10.7. The minimum atomic E-state index is 0.126. The van der Waals surface area contributed by atoms with Crippen molar-refractivity contribution >= 4 is 22.2 Å². The van der Waals surface area contributed by atoms with Gasteiger partial charge < -0.3 is 21.1 Å². The van der Waals surface area contributed by atoms with Gasteiger partial charge in [-0.1, -0.05) is 24.3 Å². The summed E-state index contributed by atoms with van der Waals surface area (Å²) in [7, 11) is 3.42. The largest absolute Gasteiger partial charge is 0.507 e. The van der Waals surface area contributed by atoms with Crippen LogP contribution in [0.2, 0.25) is 0 Å². The van der Waals surface area contributed by atoms with E-state index in [2.05, 4.69) is 21.1 Å².